The van der Waals surface area contributed by atoms with Crippen molar-refractivity contribution in [3.63, 3.8) is 0 Å². The first-order valence-electron chi connectivity index (χ1n) is 7.65. The van der Waals surface area contributed by atoms with Crippen LogP contribution < -0.4 is 0 Å². The molecule has 0 unspecified atom stereocenters. The Kier molecular flexibility index (Phi) is 4.24. The van der Waals surface area contributed by atoms with Crippen molar-refractivity contribution in [2.75, 3.05) is 13.1 Å². The highest BCUT2D eigenvalue weighted by Crippen LogP contribution is 2.27. The monoisotopic (exact) mass is 299 g/mol. The number of hydrogen-bond acceptors (Lipinski definition) is 3. The number of benzene rings is 1. The SMILES string of the molecule is Cn1ccnc1CN1CCC[C@@H](c2ccc(C(=O)O)cc2)C1. The highest BCUT2D eigenvalue weighted by Gasteiger charge is 2.22. The van der Waals surface area contributed by atoms with Gasteiger partial charge in [0.25, 0.3) is 0 Å². The van der Waals surface area contributed by atoms with Crippen molar-refractivity contribution in [3.05, 3.63) is 53.6 Å². The number of carboxylic acids is 1. The Labute approximate surface area is 130 Å². The number of hydrogen-bond donors (Lipinski definition) is 1. The predicted octanol–water partition coefficient (Wildman–Crippen LogP) is 2.50. The summed E-state index contributed by atoms with van der Waals surface area (Å²) in [5.74, 6) is 0.686. The maximum absolute atomic E-state index is 10.9. The molecule has 1 aliphatic heterocycles. The van der Waals surface area contributed by atoms with Crippen LogP contribution in [0.4, 0.5) is 0 Å². The Morgan fingerprint density at radius 1 is 1.36 bits per heavy atom. The summed E-state index contributed by atoms with van der Waals surface area (Å²) in [6.07, 6.45) is 6.13. The van der Waals surface area contributed by atoms with Gasteiger partial charge in [-0.05, 0) is 43.0 Å². The molecule has 2 aromatic rings. The molecule has 2 heterocycles. The molecule has 22 heavy (non-hydrogen) atoms. The number of nitrogens with zero attached hydrogens (tertiary/aromatic N) is 3. The van der Waals surface area contributed by atoms with Crippen molar-refractivity contribution < 1.29 is 9.90 Å². The molecule has 0 saturated carbocycles. The first-order valence-corrected chi connectivity index (χ1v) is 7.65. The lowest BCUT2D eigenvalue weighted by atomic mass is 9.90. The number of likely N-dealkylation sites (tertiary alicyclic amines) is 1. The molecule has 0 amide bonds. The normalized spacial score (nSPS) is 19.2. The predicted molar refractivity (Wildman–Crippen MR) is 83.9 cm³/mol. The van der Waals surface area contributed by atoms with Crippen molar-refractivity contribution in [2.45, 2.75) is 25.3 Å². The summed E-state index contributed by atoms with van der Waals surface area (Å²) in [6, 6.07) is 7.32. The van der Waals surface area contributed by atoms with Crippen LogP contribution in [0.1, 0.15) is 40.5 Å². The lowest BCUT2D eigenvalue weighted by molar-refractivity contribution is 0.0697. The smallest absolute Gasteiger partial charge is 0.335 e. The van der Waals surface area contributed by atoms with Gasteiger partial charge in [0, 0.05) is 26.0 Å². The second-order valence-electron chi connectivity index (χ2n) is 5.96. The molecule has 1 fully saturated rings. The Balaban J connectivity index is 1.67. The highest BCUT2D eigenvalue weighted by atomic mass is 16.4. The largest absolute Gasteiger partial charge is 0.478 e. The average Bonchev–Trinajstić information content (AvgIpc) is 2.93. The van der Waals surface area contributed by atoms with Gasteiger partial charge in [0.05, 0.1) is 12.1 Å². The van der Waals surface area contributed by atoms with E-state index in [1.54, 1.807) is 12.1 Å². The number of piperidine rings is 1. The standard InChI is InChI=1S/C17H21N3O2/c1-19-10-8-18-16(19)12-20-9-2-3-15(11-20)13-4-6-14(7-5-13)17(21)22/h4-8,10,15H,2-3,9,11-12H2,1H3,(H,21,22)/t15-/m1/s1. The molecule has 3 rings (SSSR count). The first kappa shape index (κ1) is 14.8. The van der Waals surface area contributed by atoms with Gasteiger partial charge in [-0.25, -0.2) is 9.78 Å². The molecule has 1 saturated heterocycles. The van der Waals surface area contributed by atoms with Gasteiger partial charge in [0.15, 0.2) is 0 Å². The van der Waals surface area contributed by atoms with Crippen LogP contribution in [-0.4, -0.2) is 38.6 Å². The molecule has 1 aromatic carbocycles. The van der Waals surface area contributed by atoms with E-state index in [-0.39, 0.29) is 0 Å². The van der Waals surface area contributed by atoms with Crippen molar-refractivity contribution in [2.24, 2.45) is 7.05 Å². The summed E-state index contributed by atoms with van der Waals surface area (Å²) in [6.45, 7) is 2.96. The lowest BCUT2D eigenvalue weighted by Crippen LogP contribution is -2.34. The van der Waals surface area contributed by atoms with Gasteiger partial charge in [0.2, 0.25) is 0 Å². The Morgan fingerprint density at radius 2 is 2.14 bits per heavy atom. The molecule has 116 valence electrons. The third-order valence-corrected chi connectivity index (χ3v) is 4.42. The number of imidazole rings is 1. The van der Waals surface area contributed by atoms with Gasteiger partial charge in [0.1, 0.15) is 5.82 Å². The van der Waals surface area contributed by atoms with E-state index in [2.05, 4.69) is 14.5 Å². The fourth-order valence-electron chi connectivity index (χ4n) is 3.12. The molecular weight excluding hydrogens is 278 g/mol. The van der Waals surface area contributed by atoms with E-state index in [9.17, 15) is 4.79 Å². The topological polar surface area (TPSA) is 58.4 Å². The summed E-state index contributed by atoms with van der Waals surface area (Å²) < 4.78 is 2.06. The zero-order valence-electron chi connectivity index (χ0n) is 12.8. The Hall–Kier alpha value is -2.14. The third kappa shape index (κ3) is 3.20. The van der Waals surface area contributed by atoms with Crippen LogP contribution in [0.15, 0.2) is 36.7 Å². The van der Waals surface area contributed by atoms with Gasteiger partial charge >= 0.3 is 5.97 Å². The van der Waals surface area contributed by atoms with E-state index in [1.807, 2.05) is 31.6 Å². The molecule has 5 heteroatoms. The van der Waals surface area contributed by atoms with Crippen LogP contribution in [-0.2, 0) is 13.6 Å². The minimum absolute atomic E-state index is 0.351. The number of aromatic carboxylic acids is 1. The number of rotatable bonds is 4. The van der Waals surface area contributed by atoms with Crippen molar-refractivity contribution in [1.29, 1.82) is 0 Å². The molecule has 5 nitrogen and oxygen atoms in total. The molecule has 1 aromatic heterocycles. The van der Waals surface area contributed by atoms with Gasteiger partial charge in [-0.2, -0.15) is 0 Å². The van der Waals surface area contributed by atoms with E-state index in [0.29, 0.717) is 11.5 Å². The second-order valence-corrected chi connectivity index (χ2v) is 5.96. The van der Waals surface area contributed by atoms with Crippen LogP contribution >= 0.6 is 0 Å². The molecule has 1 aliphatic rings. The van der Waals surface area contributed by atoms with Crippen LogP contribution in [0.3, 0.4) is 0 Å². The molecule has 0 aliphatic carbocycles. The summed E-state index contributed by atoms with van der Waals surface area (Å²) in [5.41, 5.74) is 1.58. The van der Waals surface area contributed by atoms with Crippen molar-refractivity contribution in [1.82, 2.24) is 14.5 Å². The number of carboxylic acid groups (broad SMARTS) is 1. The zero-order chi connectivity index (χ0) is 15.5. The zero-order valence-corrected chi connectivity index (χ0v) is 12.8. The van der Waals surface area contributed by atoms with Gasteiger partial charge in [-0.15, -0.1) is 0 Å². The maximum Gasteiger partial charge on any atom is 0.335 e. The van der Waals surface area contributed by atoms with Crippen LogP contribution in [0, 0.1) is 0 Å². The summed E-state index contributed by atoms with van der Waals surface area (Å²) in [7, 11) is 2.02. The van der Waals surface area contributed by atoms with E-state index < -0.39 is 5.97 Å². The van der Waals surface area contributed by atoms with E-state index >= 15 is 0 Å². The third-order valence-electron chi connectivity index (χ3n) is 4.42. The summed E-state index contributed by atoms with van der Waals surface area (Å²) in [4.78, 5) is 17.8. The van der Waals surface area contributed by atoms with Crippen LogP contribution in [0.25, 0.3) is 0 Å². The lowest BCUT2D eigenvalue weighted by Gasteiger charge is -2.32. The number of aryl methyl sites for hydroxylation is 1. The fraction of sp³-hybridized carbons (Fsp3) is 0.412. The quantitative estimate of drug-likeness (QED) is 0.942. The summed E-state index contributed by atoms with van der Waals surface area (Å²) in [5, 5.41) is 8.98. The molecule has 0 spiro atoms. The minimum atomic E-state index is -0.869. The Bertz CT molecular complexity index is 648. The van der Waals surface area contributed by atoms with E-state index in [1.165, 1.54) is 5.56 Å². The molecular formula is C17H21N3O2. The van der Waals surface area contributed by atoms with Crippen molar-refractivity contribution in [3.8, 4) is 0 Å². The Morgan fingerprint density at radius 3 is 2.77 bits per heavy atom. The number of aromatic nitrogens is 2. The van der Waals surface area contributed by atoms with Crippen LogP contribution in [0.5, 0.6) is 0 Å². The molecule has 1 N–H and O–H groups in total. The van der Waals surface area contributed by atoms with Gasteiger partial charge in [-0.1, -0.05) is 12.1 Å². The number of carbonyl (C=O) groups is 1. The molecule has 1 atom stereocenters. The maximum atomic E-state index is 10.9. The van der Waals surface area contributed by atoms with Crippen LogP contribution in [0.2, 0.25) is 0 Å². The van der Waals surface area contributed by atoms with Gasteiger partial charge < -0.3 is 9.67 Å². The molecule has 0 radical (unpaired) electrons. The minimum Gasteiger partial charge on any atom is -0.478 e. The van der Waals surface area contributed by atoms with E-state index in [0.717, 1.165) is 38.3 Å². The summed E-state index contributed by atoms with van der Waals surface area (Å²) >= 11 is 0. The first-order chi connectivity index (χ1) is 10.6. The second kappa shape index (κ2) is 6.32. The highest BCUT2D eigenvalue weighted by molar-refractivity contribution is 5.87. The van der Waals surface area contributed by atoms with Gasteiger partial charge in [-0.3, -0.25) is 4.90 Å². The van der Waals surface area contributed by atoms with Crippen molar-refractivity contribution >= 4 is 5.97 Å². The average molecular weight is 299 g/mol. The molecule has 0 bridgehead atoms. The fourth-order valence-corrected chi connectivity index (χ4v) is 3.12. The van der Waals surface area contributed by atoms with E-state index in [4.69, 9.17) is 5.11 Å².